The van der Waals surface area contributed by atoms with Crippen LogP contribution in [0.1, 0.15) is 20.3 Å². The first-order valence-electron chi connectivity index (χ1n) is 5.97. The number of rotatable bonds is 7. The molecule has 0 spiro atoms. The minimum atomic E-state index is -1.20. The van der Waals surface area contributed by atoms with Crippen LogP contribution in [0.2, 0.25) is 0 Å². The first-order valence-corrected chi connectivity index (χ1v) is 5.97. The molecule has 18 heavy (non-hydrogen) atoms. The molecule has 102 valence electrons. The van der Waals surface area contributed by atoms with E-state index in [4.69, 9.17) is 4.74 Å². The topological polar surface area (TPSA) is 21.3 Å². The minimum Gasteiger partial charge on any atom is -0.380 e. The molecule has 1 aromatic carbocycles. The highest BCUT2D eigenvalue weighted by Crippen LogP contribution is 2.18. The van der Waals surface area contributed by atoms with Crippen LogP contribution < -0.4 is 5.32 Å². The van der Waals surface area contributed by atoms with Crippen molar-refractivity contribution in [3.63, 3.8) is 0 Å². The summed E-state index contributed by atoms with van der Waals surface area (Å²) in [6, 6.07) is 1.44. The van der Waals surface area contributed by atoms with E-state index in [0.29, 0.717) is 31.7 Å². The second-order valence-electron chi connectivity index (χ2n) is 4.47. The van der Waals surface area contributed by atoms with Gasteiger partial charge in [-0.3, -0.25) is 0 Å². The van der Waals surface area contributed by atoms with Crippen molar-refractivity contribution in [3.05, 3.63) is 29.6 Å². The van der Waals surface area contributed by atoms with E-state index in [2.05, 4.69) is 19.2 Å². The first kappa shape index (κ1) is 14.8. The lowest BCUT2D eigenvalue weighted by Gasteiger charge is -2.09. The van der Waals surface area contributed by atoms with E-state index in [1.54, 1.807) is 0 Å². The normalized spacial score (nSPS) is 11.0. The van der Waals surface area contributed by atoms with Crippen LogP contribution in [0.15, 0.2) is 12.1 Å². The standard InChI is InChI=1S/C13H18F3NO/c1-9(2)3-5-18-6-4-17-12-8-10(14)7-11(15)13(12)16/h7-9,17H,3-6H2,1-2H3. The molecule has 1 rings (SSSR count). The van der Waals surface area contributed by atoms with Crippen molar-refractivity contribution in [1.29, 1.82) is 0 Å². The number of benzene rings is 1. The third-order valence-electron chi connectivity index (χ3n) is 2.39. The van der Waals surface area contributed by atoms with Gasteiger partial charge in [0.15, 0.2) is 11.6 Å². The van der Waals surface area contributed by atoms with E-state index in [1.165, 1.54) is 0 Å². The average Bonchev–Trinajstić information content (AvgIpc) is 2.29. The van der Waals surface area contributed by atoms with Gasteiger partial charge in [0.2, 0.25) is 0 Å². The van der Waals surface area contributed by atoms with E-state index in [-0.39, 0.29) is 5.69 Å². The maximum atomic E-state index is 13.2. The van der Waals surface area contributed by atoms with Crippen LogP contribution >= 0.6 is 0 Å². The van der Waals surface area contributed by atoms with E-state index in [9.17, 15) is 13.2 Å². The molecule has 0 aliphatic rings. The summed E-state index contributed by atoms with van der Waals surface area (Å²) in [6.45, 7) is 5.47. The molecule has 0 bridgehead atoms. The van der Waals surface area contributed by atoms with Crippen molar-refractivity contribution in [1.82, 2.24) is 0 Å². The molecule has 0 saturated carbocycles. The van der Waals surface area contributed by atoms with Gasteiger partial charge in [0.25, 0.3) is 0 Å². The Labute approximate surface area is 105 Å². The van der Waals surface area contributed by atoms with Gasteiger partial charge in [-0.1, -0.05) is 13.8 Å². The van der Waals surface area contributed by atoms with Crippen molar-refractivity contribution < 1.29 is 17.9 Å². The molecule has 0 aliphatic carbocycles. The zero-order chi connectivity index (χ0) is 13.5. The number of ether oxygens (including phenoxy) is 1. The quantitative estimate of drug-likeness (QED) is 0.598. The zero-order valence-electron chi connectivity index (χ0n) is 10.6. The van der Waals surface area contributed by atoms with Crippen molar-refractivity contribution in [2.75, 3.05) is 25.1 Å². The molecule has 0 saturated heterocycles. The molecule has 0 amide bonds. The highest BCUT2D eigenvalue weighted by molar-refractivity contribution is 5.45. The lowest BCUT2D eigenvalue weighted by Crippen LogP contribution is -2.12. The van der Waals surface area contributed by atoms with Crippen molar-refractivity contribution in [3.8, 4) is 0 Å². The summed E-state index contributed by atoms with van der Waals surface area (Å²) in [6.07, 6.45) is 0.947. The lowest BCUT2D eigenvalue weighted by molar-refractivity contribution is 0.132. The molecule has 1 aromatic rings. The predicted octanol–water partition coefficient (Wildman–Crippen LogP) is 3.58. The number of nitrogens with one attached hydrogen (secondary N) is 1. The summed E-state index contributed by atoms with van der Waals surface area (Å²) in [5, 5.41) is 2.60. The molecular weight excluding hydrogens is 243 g/mol. The number of halogens is 3. The van der Waals surface area contributed by atoms with Crippen LogP contribution in [0.3, 0.4) is 0 Å². The Hall–Kier alpha value is -1.23. The molecule has 0 atom stereocenters. The Morgan fingerprint density at radius 1 is 1.17 bits per heavy atom. The van der Waals surface area contributed by atoms with Gasteiger partial charge in [-0.25, -0.2) is 13.2 Å². The van der Waals surface area contributed by atoms with Crippen LogP contribution in [0.5, 0.6) is 0 Å². The van der Waals surface area contributed by atoms with Crippen LogP contribution in [0, 0.1) is 23.4 Å². The zero-order valence-corrected chi connectivity index (χ0v) is 10.6. The molecule has 1 N–H and O–H groups in total. The average molecular weight is 261 g/mol. The molecule has 0 heterocycles. The fraction of sp³-hybridized carbons (Fsp3) is 0.538. The van der Waals surface area contributed by atoms with Crippen LogP contribution in [0.4, 0.5) is 18.9 Å². The third-order valence-corrected chi connectivity index (χ3v) is 2.39. The van der Waals surface area contributed by atoms with Gasteiger partial charge in [0.1, 0.15) is 5.82 Å². The fourth-order valence-electron chi connectivity index (χ4n) is 1.36. The van der Waals surface area contributed by atoms with Crippen LogP contribution in [-0.4, -0.2) is 19.8 Å². The van der Waals surface area contributed by atoms with Gasteiger partial charge in [0.05, 0.1) is 12.3 Å². The molecule has 2 nitrogen and oxygen atoms in total. The number of hydrogen-bond donors (Lipinski definition) is 1. The Morgan fingerprint density at radius 3 is 2.56 bits per heavy atom. The van der Waals surface area contributed by atoms with Crippen molar-refractivity contribution in [2.24, 2.45) is 5.92 Å². The maximum absolute atomic E-state index is 13.2. The van der Waals surface area contributed by atoms with E-state index in [0.717, 1.165) is 12.5 Å². The molecule has 0 fully saturated rings. The van der Waals surface area contributed by atoms with Gasteiger partial charge >= 0.3 is 0 Å². The Balaban J connectivity index is 2.31. The van der Waals surface area contributed by atoms with Gasteiger partial charge in [-0.15, -0.1) is 0 Å². The summed E-state index contributed by atoms with van der Waals surface area (Å²) in [5.74, 6) is -2.51. The Bertz CT molecular complexity index is 383. The second-order valence-corrected chi connectivity index (χ2v) is 4.47. The van der Waals surface area contributed by atoms with E-state index < -0.39 is 17.5 Å². The monoisotopic (exact) mass is 261 g/mol. The summed E-state index contributed by atoms with van der Waals surface area (Å²) in [7, 11) is 0. The summed E-state index contributed by atoms with van der Waals surface area (Å²) >= 11 is 0. The first-order chi connectivity index (χ1) is 8.50. The van der Waals surface area contributed by atoms with E-state index in [1.807, 2.05) is 0 Å². The largest absolute Gasteiger partial charge is 0.380 e. The third kappa shape index (κ3) is 4.96. The molecule has 0 unspecified atom stereocenters. The maximum Gasteiger partial charge on any atom is 0.182 e. The smallest absolute Gasteiger partial charge is 0.182 e. The molecule has 0 aliphatic heterocycles. The number of hydrogen-bond acceptors (Lipinski definition) is 2. The van der Waals surface area contributed by atoms with Crippen molar-refractivity contribution in [2.45, 2.75) is 20.3 Å². The summed E-state index contributed by atoms with van der Waals surface area (Å²) in [4.78, 5) is 0. The molecular formula is C13H18F3NO. The molecule has 5 heteroatoms. The van der Waals surface area contributed by atoms with Crippen molar-refractivity contribution >= 4 is 5.69 Å². The SMILES string of the molecule is CC(C)CCOCCNc1cc(F)cc(F)c1F. The minimum absolute atomic E-state index is 0.181. The predicted molar refractivity (Wildman–Crippen MR) is 65.1 cm³/mol. The second kappa shape index (κ2) is 7.26. The summed E-state index contributed by atoms with van der Waals surface area (Å²) in [5.41, 5.74) is -0.181. The van der Waals surface area contributed by atoms with Gasteiger partial charge in [-0.2, -0.15) is 0 Å². The number of anilines is 1. The fourth-order valence-corrected chi connectivity index (χ4v) is 1.36. The van der Waals surface area contributed by atoms with Crippen LogP contribution in [0.25, 0.3) is 0 Å². The molecule has 0 radical (unpaired) electrons. The highest BCUT2D eigenvalue weighted by Gasteiger charge is 2.10. The Morgan fingerprint density at radius 2 is 1.89 bits per heavy atom. The highest BCUT2D eigenvalue weighted by atomic mass is 19.2. The van der Waals surface area contributed by atoms with Crippen LogP contribution in [-0.2, 0) is 4.74 Å². The van der Waals surface area contributed by atoms with Gasteiger partial charge in [0, 0.05) is 25.3 Å². The van der Waals surface area contributed by atoms with Gasteiger partial charge in [-0.05, 0) is 12.3 Å². The lowest BCUT2D eigenvalue weighted by atomic mass is 10.1. The Kier molecular flexibility index (Phi) is 5.98. The summed E-state index contributed by atoms with van der Waals surface area (Å²) < 4.78 is 44.2. The van der Waals surface area contributed by atoms with Gasteiger partial charge < -0.3 is 10.1 Å². The van der Waals surface area contributed by atoms with E-state index >= 15 is 0 Å². The molecule has 0 aromatic heterocycles.